The number of hydrogen-bond donors (Lipinski definition) is 1. The Labute approximate surface area is 106 Å². The van der Waals surface area contributed by atoms with Crippen molar-refractivity contribution in [2.24, 2.45) is 0 Å². The molecule has 1 saturated heterocycles. The first-order valence-corrected chi connectivity index (χ1v) is 8.18. The number of nitrogens with one attached hydrogen (secondary N) is 1. The molecule has 2 rings (SSSR count). The molecular formula is C9H12BrNS3. The molecule has 1 fully saturated rings. The second kappa shape index (κ2) is 5.80. The van der Waals surface area contributed by atoms with Gasteiger partial charge in [0.25, 0.3) is 0 Å². The lowest BCUT2D eigenvalue weighted by molar-refractivity contribution is 0.588. The van der Waals surface area contributed by atoms with E-state index >= 15 is 0 Å². The van der Waals surface area contributed by atoms with Crippen molar-refractivity contribution in [1.82, 2.24) is 4.72 Å². The van der Waals surface area contributed by atoms with E-state index in [9.17, 15) is 0 Å². The van der Waals surface area contributed by atoms with Crippen molar-refractivity contribution in [2.75, 3.05) is 11.5 Å². The summed E-state index contributed by atoms with van der Waals surface area (Å²) in [5, 5.41) is 0. The van der Waals surface area contributed by atoms with Crippen LogP contribution in [-0.2, 0) is 0 Å². The summed E-state index contributed by atoms with van der Waals surface area (Å²) < 4.78 is 6.10. The lowest BCUT2D eigenvalue weighted by Crippen LogP contribution is -2.27. The highest BCUT2D eigenvalue weighted by atomic mass is 79.9. The average Bonchev–Trinajstić information content (AvgIpc) is 2.63. The van der Waals surface area contributed by atoms with Crippen molar-refractivity contribution in [3.63, 3.8) is 0 Å². The van der Waals surface area contributed by atoms with E-state index in [1.165, 1.54) is 32.3 Å². The molecule has 1 aliphatic rings. The summed E-state index contributed by atoms with van der Waals surface area (Å²) in [7, 11) is 0. The molecular weight excluding hydrogens is 298 g/mol. The molecule has 0 saturated carbocycles. The minimum absolute atomic E-state index is 0.710. The first-order valence-electron chi connectivity index (χ1n) is 4.60. The molecule has 2 heterocycles. The zero-order chi connectivity index (χ0) is 9.80. The fraction of sp³-hybridized carbons (Fsp3) is 0.556. The third-order valence-corrected chi connectivity index (χ3v) is 5.85. The van der Waals surface area contributed by atoms with Gasteiger partial charge in [0, 0.05) is 6.04 Å². The minimum atomic E-state index is 0.710. The Hall–Kier alpha value is 0.840. The van der Waals surface area contributed by atoms with Crippen molar-refractivity contribution in [2.45, 2.75) is 23.1 Å². The van der Waals surface area contributed by atoms with Crippen LogP contribution in [-0.4, -0.2) is 17.5 Å². The van der Waals surface area contributed by atoms with Crippen LogP contribution in [0.3, 0.4) is 0 Å². The Morgan fingerprint density at radius 3 is 2.79 bits per heavy atom. The predicted octanol–water partition coefficient (Wildman–Crippen LogP) is 4.00. The zero-order valence-electron chi connectivity index (χ0n) is 7.66. The molecule has 0 radical (unpaired) electrons. The smallest absolute Gasteiger partial charge is 0.0763 e. The van der Waals surface area contributed by atoms with Crippen LogP contribution in [0.25, 0.3) is 0 Å². The maximum absolute atomic E-state index is 3.54. The highest BCUT2D eigenvalue weighted by Crippen LogP contribution is 2.30. The van der Waals surface area contributed by atoms with Crippen LogP contribution < -0.4 is 4.72 Å². The van der Waals surface area contributed by atoms with Crippen LogP contribution in [0, 0.1) is 0 Å². The average molecular weight is 310 g/mol. The van der Waals surface area contributed by atoms with E-state index in [-0.39, 0.29) is 0 Å². The van der Waals surface area contributed by atoms with E-state index < -0.39 is 0 Å². The number of thiophene rings is 1. The summed E-state index contributed by atoms with van der Waals surface area (Å²) in [5.74, 6) is 2.62. The molecule has 1 N–H and O–H groups in total. The first-order chi connectivity index (χ1) is 6.84. The number of thioether (sulfide) groups is 1. The Bertz CT molecular complexity index is 283. The minimum Gasteiger partial charge on any atom is -0.256 e. The van der Waals surface area contributed by atoms with Gasteiger partial charge in [0.1, 0.15) is 0 Å². The van der Waals surface area contributed by atoms with E-state index in [1.54, 1.807) is 23.3 Å². The summed E-state index contributed by atoms with van der Waals surface area (Å²) in [6.45, 7) is 0. The molecule has 1 aliphatic heterocycles. The van der Waals surface area contributed by atoms with Gasteiger partial charge >= 0.3 is 0 Å². The molecule has 0 aromatic carbocycles. The molecule has 14 heavy (non-hydrogen) atoms. The molecule has 0 bridgehead atoms. The Morgan fingerprint density at radius 2 is 2.14 bits per heavy atom. The third-order valence-electron chi connectivity index (χ3n) is 2.10. The maximum Gasteiger partial charge on any atom is 0.0763 e. The van der Waals surface area contributed by atoms with Crippen LogP contribution in [0.5, 0.6) is 0 Å². The topological polar surface area (TPSA) is 12.0 Å². The van der Waals surface area contributed by atoms with Crippen LogP contribution in [0.15, 0.2) is 20.1 Å². The van der Waals surface area contributed by atoms with E-state index in [0.29, 0.717) is 6.04 Å². The zero-order valence-corrected chi connectivity index (χ0v) is 11.7. The molecule has 0 atom stereocenters. The summed E-state index contributed by atoms with van der Waals surface area (Å²) in [4.78, 5) is 0. The van der Waals surface area contributed by atoms with Crippen molar-refractivity contribution < 1.29 is 0 Å². The molecule has 1 aromatic heterocycles. The standard InChI is InChI=1S/C9H12BrNS3/c10-8-1-2-9(13-8)14-11-7-3-5-12-6-4-7/h1-2,7,11H,3-6H2. The van der Waals surface area contributed by atoms with Crippen LogP contribution in [0.2, 0.25) is 0 Å². The van der Waals surface area contributed by atoms with Gasteiger partial charge < -0.3 is 0 Å². The predicted molar refractivity (Wildman–Crippen MR) is 71.4 cm³/mol. The lowest BCUT2D eigenvalue weighted by atomic mass is 10.2. The number of rotatable bonds is 3. The molecule has 0 amide bonds. The maximum atomic E-state index is 3.54. The van der Waals surface area contributed by atoms with Gasteiger partial charge in [0.2, 0.25) is 0 Å². The van der Waals surface area contributed by atoms with Crippen LogP contribution in [0.1, 0.15) is 12.8 Å². The van der Waals surface area contributed by atoms with E-state index in [1.807, 2.05) is 0 Å². The monoisotopic (exact) mass is 309 g/mol. The SMILES string of the molecule is Brc1ccc(SNC2CCSCC2)s1. The van der Waals surface area contributed by atoms with Gasteiger partial charge in [-0.05, 0) is 64.4 Å². The van der Waals surface area contributed by atoms with Crippen molar-refractivity contribution in [3.8, 4) is 0 Å². The summed E-state index contributed by atoms with van der Waals surface area (Å²) in [6, 6.07) is 4.97. The largest absolute Gasteiger partial charge is 0.256 e. The quantitative estimate of drug-likeness (QED) is 0.848. The summed E-state index contributed by atoms with van der Waals surface area (Å²) >= 11 is 9.11. The van der Waals surface area contributed by atoms with Crippen molar-refractivity contribution in [3.05, 3.63) is 15.9 Å². The van der Waals surface area contributed by atoms with Crippen molar-refractivity contribution >= 4 is 51.0 Å². The van der Waals surface area contributed by atoms with Crippen LogP contribution >= 0.6 is 51.0 Å². The Balaban J connectivity index is 1.76. The summed E-state index contributed by atoms with van der Waals surface area (Å²) in [6.07, 6.45) is 2.62. The van der Waals surface area contributed by atoms with Gasteiger partial charge in [-0.3, -0.25) is 4.72 Å². The van der Waals surface area contributed by atoms with Crippen LogP contribution in [0.4, 0.5) is 0 Å². The van der Waals surface area contributed by atoms with E-state index in [2.05, 4.69) is 44.5 Å². The van der Waals surface area contributed by atoms with Gasteiger partial charge in [-0.15, -0.1) is 11.3 Å². The second-order valence-corrected chi connectivity index (χ2v) is 7.99. The molecule has 78 valence electrons. The van der Waals surface area contributed by atoms with Gasteiger partial charge in [0.05, 0.1) is 8.00 Å². The highest BCUT2D eigenvalue weighted by Gasteiger charge is 2.13. The molecule has 5 heteroatoms. The molecule has 0 spiro atoms. The Morgan fingerprint density at radius 1 is 1.36 bits per heavy atom. The fourth-order valence-electron chi connectivity index (χ4n) is 1.31. The third kappa shape index (κ3) is 3.45. The van der Waals surface area contributed by atoms with Gasteiger partial charge in [-0.2, -0.15) is 11.8 Å². The van der Waals surface area contributed by atoms with Crippen molar-refractivity contribution in [1.29, 1.82) is 0 Å². The highest BCUT2D eigenvalue weighted by molar-refractivity contribution is 9.11. The molecule has 0 aliphatic carbocycles. The number of hydrogen-bond acceptors (Lipinski definition) is 4. The normalized spacial score (nSPS) is 18.6. The summed E-state index contributed by atoms with van der Waals surface area (Å²) in [5.41, 5.74) is 0. The lowest BCUT2D eigenvalue weighted by Gasteiger charge is -2.21. The van der Waals surface area contributed by atoms with Gasteiger partial charge in [-0.25, -0.2) is 0 Å². The van der Waals surface area contributed by atoms with E-state index in [0.717, 1.165) is 0 Å². The molecule has 1 nitrogen and oxygen atoms in total. The molecule has 1 aromatic rings. The first kappa shape index (κ1) is 11.3. The molecule has 0 unspecified atom stereocenters. The second-order valence-electron chi connectivity index (χ2n) is 3.17. The Kier molecular flexibility index (Phi) is 4.69. The van der Waals surface area contributed by atoms with Gasteiger partial charge in [0.15, 0.2) is 0 Å². The number of halogens is 1. The fourth-order valence-corrected chi connectivity index (χ4v) is 5.09. The van der Waals surface area contributed by atoms with Gasteiger partial charge in [-0.1, -0.05) is 0 Å². The van der Waals surface area contributed by atoms with E-state index in [4.69, 9.17) is 0 Å².